The van der Waals surface area contributed by atoms with E-state index in [2.05, 4.69) is 5.32 Å². The lowest BCUT2D eigenvalue weighted by Crippen LogP contribution is -2.25. The van der Waals surface area contributed by atoms with E-state index in [1.54, 1.807) is 12.1 Å². The van der Waals surface area contributed by atoms with Gasteiger partial charge in [-0.15, -0.1) is 0 Å². The van der Waals surface area contributed by atoms with Gasteiger partial charge in [-0.05, 0) is 11.6 Å². The van der Waals surface area contributed by atoms with Crippen molar-refractivity contribution in [1.29, 1.82) is 0 Å². The molecule has 0 aliphatic carbocycles. The molecule has 5 heteroatoms. The van der Waals surface area contributed by atoms with Crippen LogP contribution in [0.1, 0.15) is 5.56 Å². The van der Waals surface area contributed by atoms with E-state index in [4.69, 9.17) is 22.1 Å². The monoisotopic (exact) mass is 212 g/mol. The van der Waals surface area contributed by atoms with Gasteiger partial charge in [-0.25, -0.2) is 0 Å². The zero-order valence-electron chi connectivity index (χ0n) is 7.34. The lowest BCUT2D eigenvalue weighted by Gasteiger charge is -2.19. The Hall–Kier alpha value is -1.26. The van der Waals surface area contributed by atoms with E-state index in [9.17, 15) is 4.79 Å². The molecule has 2 rings (SSSR count). The van der Waals surface area contributed by atoms with Crippen LogP contribution in [0.5, 0.6) is 5.75 Å². The molecule has 1 heterocycles. The van der Waals surface area contributed by atoms with Crippen molar-refractivity contribution in [2.45, 2.75) is 6.54 Å². The number of fused-ring (bicyclic) bond motifs is 1. The molecule has 4 nitrogen and oxygen atoms in total. The Kier molecular flexibility index (Phi) is 2.31. The molecule has 0 bridgehead atoms. The highest BCUT2D eigenvalue weighted by molar-refractivity contribution is 6.31. The van der Waals surface area contributed by atoms with Crippen molar-refractivity contribution in [1.82, 2.24) is 0 Å². The van der Waals surface area contributed by atoms with Gasteiger partial charge in [0.1, 0.15) is 5.75 Å². The van der Waals surface area contributed by atoms with Crippen molar-refractivity contribution in [3.63, 3.8) is 0 Å². The van der Waals surface area contributed by atoms with Crippen molar-refractivity contribution in [3.8, 4) is 5.75 Å². The second-order valence-electron chi connectivity index (χ2n) is 2.98. The van der Waals surface area contributed by atoms with Crippen LogP contribution in [0.25, 0.3) is 0 Å². The Morgan fingerprint density at radius 2 is 2.36 bits per heavy atom. The maximum atomic E-state index is 11.0. The molecule has 1 aromatic rings. The molecule has 3 N–H and O–H groups in total. The fourth-order valence-electron chi connectivity index (χ4n) is 1.30. The van der Waals surface area contributed by atoms with Gasteiger partial charge in [0.25, 0.3) is 5.91 Å². The van der Waals surface area contributed by atoms with Crippen molar-refractivity contribution in [2.75, 3.05) is 11.9 Å². The average molecular weight is 213 g/mol. The molecular weight excluding hydrogens is 204 g/mol. The number of hydrogen-bond donors (Lipinski definition) is 2. The molecule has 1 aliphatic heterocycles. The van der Waals surface area contributed by atoms with Gasteiger partial charge < -0.3 is 15.8 Å². The third-order valence-corrected chi connectivity index (χ3v) is 2.35. The van der Waals surface area contributed by atoms with E-state index in [0.29, 0.717) is 23.0 Å². The van der Waals surface area contributed by atoms with E-state index in [1.807, 2.05) is 0 Å². The molecule has 0 aromatic heterocycles. The normalized spacial score (nSPS) is 14.3. The summed E-state index contributed by atoms with van der Waals surface area (Å²) >= 11 is 5.93. The highest BCUT2D eigenvalue weighted by Crippen LogP contribution is 2.33. The maximum Gasteiger partial charge on any atom is 0.262 e. The molecule has 1 amide bonds. The first kappa shape index (κ1) is 9.30. The minimum atomic E-state index is -0.164. The second-order valence-corrected chi connectivity index (χ2v) is 3.39. The third-order valence-electron chi connectivity index (χ3n) is 2.00. The van der Waals surface area contributed by atoms with Crippen LogP contribution >= 0.6 is 11.6 Å². The zero-order valence-corrected chi connectivity index (χ0v) is 8.10. The fourth-order valence-corrected chi connectivity index (χ4v) is 1.53. The van der Waals surface area contributed by atoms with Crippen molar-refractivity contribution >= 4 is 23.2 Å². The first-order valence-corrected chi connectivity index (χ1v) is 4.53. The van der Waals surface area contributed by atoms with Crippen molar-refractivity contribution < 1.29 is 9.53 Å². The number of anilines is 1. The van der Waals surface area contributed by atoms with Crippen LogP contribution in [0.3, 0.4) is 0 Å². The topological polar surface area (TPSA) is 64.3 Å². The first-order valence-electron chi connectivity index (χ1n) is 4.16. The number of benzene rings is 1. The molecule has 0 fully saturated rings. The fraction of sp³-hybridized carbons (Fsp3) is 0.222. The number of ether oxygens (including phenoxy) is 1. The van der Waals surface area contributed by atoms with Crippen LogP contribution in [0, 0.1) is 0 Å². The molecule has 0 saturated carbocycles. The zero-order chi connectivity index (χ0) is 10.1. The lowest BCUT2D eigenvalue weighted by molar-refractivity contribution is -0.118. The lowest BCUT2D eigenvalue weighted by atomic mass is 10.1. The Balaban J connectivity index is 2.46. The molecule has 0 unspecified atom stereocenters. The predicted octanol–water partition coefficient (Wildman–Crippen LogP) is 1.13. The Morgan fingerprint density at radius 3 is 3.07 bits per heavy atom. The summed E-state index contributed by atoms with van der Waals surface area (Å²) in [6.45, 7) is 0.368. The van der Waals surface area contributed by atoms with E-state index in [0.717, 1.165) is 5.56 Å². The first-order chi connectivity index (χ1) is 6.70. The average Bonchev–Trinajstić information content (AvgIpc) is 2.17. The summed E-state index contributed by atoms with van der Waals surface area (Å²) < 4.78 is 5.18. The number of halogens is 1. The number of rotatable bonds is 1. The van der Waals surface area contributed by atoms with E-state index in [-0.39, 0.29) is 12.5 Å². The SMILES string of the molecule is NCc1cc2c(cc1Cl)OCC(=O)N2. The van der Waals surface area contributed by atoms with Gasteiger partial charge in [0.05, 0.1) is 5.69 Å². The molecule has 1 aromatic carbocycles. The molecule has 0 radical (unpaired) electrons. The summed E-state index contributed by atoms with van der Waals surface area (Å²) in [5.41, 5.74) is 6.90. The number of hydrogen-bond acceptors (Lipinski definition) is 3. The van der Waals surface area contributed by atoms with E-state index < -0.39 is 0 Å². The van der Waals surface area contributed by atoms with Crippen molar-refractivity contribution in [2.24, 2.45) is 5.73 Å². The standard InChI is InChI=1S/C9H9ClN2O2/c10-6-2-8-7(1-5(6)3-11)12-9(13)4-14-8/h1-2H,3-4,11H2,(H,12,13). The molecule has 14 heavy (non-hydrogen) atoms. The number of amides is 1. The largest absolute Gasteiger partial charge is 0.482 e. The highest BCUT2D eigenvalue weighted by atomic mass is 35.5. The molecule has 1 aliphatic rings. The predicted molar refractivity (Wildman–Crippen MR) is 53.5 cm³/mol. The minimum absolute atomic E-state index is 0.0330. The number of nitrogens with one attached hydrogen (secondary N) is 1. The van der Waals surface area contributed by atoms with Crippen molar-refractivity contribution in [3.05, 3.63) is 22.7 Å². The van der Waals surface area contributed by atoms with Gasteiger partial charge in [-0.3, -0.25) is 4.79 Å². The van der Waals surface area contributed by atoms with Gasteiger partial charge in [-0.2, -0.15) is 0 Å². The Bertz CT molecular complexity index is 393. The molecular formula is C9H9ClN2O2. The smallest absolute Gasteiger partial charge is 0.262 e. The van der Waals surface area contributed by atoms with Crippen LogP contribution < -0.4 is 15.8 Å². The molecule has 0 atom stereocenters. The summed E-state index contributed by atoms with van der Waals surface area (Å²) in [6.07, 6.45) is 0. The molecule has 74 valence electrons. The van der Waals surface area contributed by atoms with Gasteiger partial charge >= 0.3 is 0 Å². The van der Waals surface area contributed by atoms with Crippen LogP contribution in [0.2, 0.25) is 5.02 Å². The summed E-state index contributed by atoms with van der Waals surface area (Å²) in [4.78, 5) is 11.0. The number of nitrogens with two attached hydrogens (primary N) is 1. The summed E-state index contributed by atoms with van der Waals surface area (Å²) in [5.74, 6) is 0.426. The number of carbonyl (C=O) groups is 1. The Labute approximate surface area is 86.0 Å². The maximum absolute atomic E-state index is 11.0. The van der Waals surface area contributed by atoms with Crippen LogP contribution in [-0.4, -0.2) is 12.5 Å². The molecule has 0 saturated heterocycles. The van der Waals surface area contributed by atoms with Gasteiger partial charge in [0, 0.05) is 17.6 Å². The van der Waals surface area contributed by atoms with Crippen LogP contribution in [-0.2, 0) is 11.3 Å². The number of carbonyl (C=O) groups excluding carboxylic acids is 1. The third kappa shape index (κ3) is 1.54. The summed E-state index contributed by atoms with van der Waals surface area (Å²) in [6, 6.07) is 3.40. The quantitative estimate of drug-likeness (QED) is 0.734. The van der Waals surface area contributed by atoms with Crippen LogP contribution in [0.15, 0.2) is 12.1 Å². The van der Waals surface area contributed by atoms with E-state index in [1.165, 1.54) is 0 Å². The van der Waals surface area contributed by atoms with E-state index >= 15 is 0 Å². The van der Waals surface area contributed by atoms with Gasteiger partial charge in [0.15, 0.2) is 6.61 Å². The highest BCUT2D eigenvalue weighted by Gasteiger charge is 2.17. The second kappa shape index (κ2) is 3.48. The van der Waals surface area contributed by atoms with Gasteiger partial charge in [-0.1, -0.05) is 11.6 Å². The molecule has 0 spiro atoms. The van der Waals surface area contributed by atoms with Gasteiger partial charge in [0.2, 0.25) is 0 Å². The summed E-state index contributed by atoms with van der Waals surface area (Å²) in [7, 11) is 0. The van der Waals surface area contributed by atoms with Crippen LogP contribution in [0.4, 0.5) is 5.69 Å². The summed E-state index contributed by atoms with van der Waals surface area (Å²) in [5, 5.41) is 3.24. The minimum Gasteiger partial charge on any atom is -0.482 e. The Morgan fingerprint density at radius 1 is 1.57 bits per heavy atom.